The number of nitrogens with one attached hydrogen (secondary N) is 1. The van der Waals surface area contributed by atoms with Gasteiger partial charge >= 0.3 is 0 Å². The van der Waals surface area contributed by atoms with Crippen LogP contribution < -0.4 is 5.32 Å². The fourth-order valence-corrected chi connectivity index (χ4v) is 1.32. The molecule has 1 aromatic rings. The van der Waals surface area contributed by atoms with Gasteiger partial charge < -0.3 is 5.32 Å². The Labute approximate surface area is 86.7 Å². The average Bonchev–Trinajstić information content (AvgIpc) is 3.01. The van der Waals surface area contributed by atoms with Crippen molar-refractivity contribution in [1.82, 2.24) is 0 Å². The van der Waals surface area contributed by atoms with Gasteiger partial charge in [-0.05, 0) is 25.0 Å². The van der Waals surface area contributed by atoms with Crippen molar-refractivity contribution in [1.29, 1.82) is 0 Å². The first-order chi connectivity index (χ1) is 7.20. The van der Waals surface area contributed by atoms with Gasteiger partial charge in [-0.3, -0.25) is 10.1 Å². The number of hydrogen-bond donors (Lipinski definition) is 1. The van der Waals surface area contributed by atoms with Crippen LogP contribution in [0.25, 0.3) is 4.85 Å². The van der Waals surface area contributed by atoms with Gasteiger partial charge in [-0.2, -0.15) is 0 Å². The number of nitrogens with zero attached hydrogens (tertiary/aromatic N) is 2. The molecule has 1 aliphatic rings. The SMILES string of the molecule is [C-]#[N+]c1ccc([N+](=O)[O-])c(NC2CC2)c1. The normalized spacial score (nSPS) is 14.3. The summed E-state index contributed by atoms with van der Waals surface area (Å²) < 4.78 is 0. The van der Waals surface area contributed by atoms with Crippen LogP contribution in [0.5, 0.6) is 0 Å². The van der Waals surface area contributed by atoms with Crippen molar-refractivity contribution in [3.8, 4) is 0 Å². The van der Waals surface area contributed by atoms with Gasteiger partial charge in [0.15, 0.2) is 5.69 Å². The van der Waals surface area contributed by atoms with E-state index in [1.54, 1.807) is 0 Å². The largest absolute Gasteiger partial charge is 0.378 e. The summed E-state index contributed by atoms with van der Waals surface area (Å²) in [6.07, 6.45) is 2.08. The molecule has 0 heterocycles. The fraction of sp³-hybridized carbons (Fsp3) is 0.300. The van der Waals surface area contributed by atoms with Crippen molar-refractivity contribution in [3.05, 3.63) is 39.7 Å². The maximum absolute atomic E-state index is 10.7. The van der Waals surface area contributed by atoms with E-state index in [-0.39, 0.29) is 5.69 Å². The molecule has 1 aliphatic carbocycles. The zero-order chi connectivity index (χ0) is 10.8. The van der Waals surface area contributed by atoms with E-state index >= 15 is 0 Å². The van der Waals surface area contributed by atoms with E-state index in [2.05, 4.69) is 10.2 Å². The predicted octanol–water partition coefficient (Wildman–Crippen LogP) is 2.72. The van der Waals surface area contributed by atoms with E-state index in [0.717, 1.165) is 12.8 Å². The lowest BCUT2D eigenvalue weighted by Crippen LogP contribution is -2.03. The molecule has 0 spiro atoms. The molecule has 0 atom stereocenters. The predicted molar refractivity (Wildman–Crippen MR) is 56.0 cm³/mol. The molecule has 1 N–H and O–H groups in total. The van der Waals surface area contributed by atoms with E-state index in [4.69, 9.17) is 6.57 Å². The van der Waals surface area contributed by atoms with Gasteiger partial charge in [0.2, 0.25) is 0 Å². The summed E-state index contributed by atoms with van der Waals surface area (Å²) in [7, 11) is 0. The van der Waals surface area contributed by atoms with Crippen LogP contribution in [0.15, 0.2) is 18.2 Å². The zero-order valence-electron chi connectivity index (χ0n) is 7.93. The minimum Gasteiger partial charge on any atom is -0.378 e. The highest BCUT2D eigenvalue weighted by Crippen LogP contribution is 2.33. The molecular weight excluding hydrogens is 194 g/mol. The van der Waals surface area contributed by atoms with Gasteiger partial charge in [0, 0.05) is 12.1 Å². The summed E-state index contributed by atoms with van der Waals surface area (Å²) in [6, 6.07) is 4.70. The summed E-state index contributed by atoms with van der Waals surface area (Å²) in [6.45, 7) is 6.84. The Kier molecular flexibility index (Phi) is 2.26. The van der Waals surface area contributed by atoms with Crippen LogP contribution in [0.1, 0.15) is 12.8 Å². The third-order valence-corrected chi connectivity index (χ3v) is 2.24. The molecule has 76 valence electrons. The first kappa shape index (κ1) is 9.46. The van der Waals surface area contributed by atoms with Crippen molar-refractivity contribution in [2.24, 2.45) is 0 Å². The van der Waals surface area contributed by atoms with Crippen molar-refractivity contribution >= 4 is 17.1 Å². The number of anilines is 1. The number of rotatable bonds is 3. The monoisotopic (exact) mass is 203 g/mol. The van der Waals surface area contributed by atoms with E-state index in [0.29, 0.717) is 17.4 Å². The lowest BCUT2D eigenvalue weighted by atomic mass is 10.2. The molecule has 5 heteroatoms. The minimum atomic E-state index is -0.432. The molecule has 15 heavy (non-hydrogen) atoms. The lowest BCUT2D eigenvalue weighted by molar-refractivity contribution is -0.383. The first-order valence-corrected chi connectivity index (χ1v) is 4.63. The van der Waals surface area contributed by atoms with E-state index in [1.807, 2.05) is 0 Å². The molecule has 1 fully saturated rings. The number of nitro groups is 1. The molecule has 0 aromatic heterocycles. The van der Waals surface area contributed by atoms with E-state index in [9.17, 15) is 10.1 Å². The molecule has 0 aliphatic heterocycles. The highest BCUT2D eigenvalue weighted by molar-refractivity contribution is 5.69. The molecule has 0 radical (unpaired) electrons. The van der Waals surface area contributed by atoms with Gasteiger partial charge in [0.25, 0.3) is 5.69 Å². The van der Waals surface area contributed by atoms with Crippen LogP contribution in [0, 0.1) is 16.7 Å². The standard InChI is InChI=1S/C10H9N3O2/c1-11-8-4-5-10(13(14)15)9(6-8)12-7-2-3-7/h4-7,12H,2-3H2. The molecule has 0 unspecified atom stereocenters. The van der Waals surface area contributed by atoms with Crippen molar-refractivity contribution < 1.29 is 4.92 Å². The van der Waals surface area contributed by atoms with E-state index < -0.39 is 4.92 Å². The second-order valence-corrected chi connectivity index (χ2v) is 3.49. The van der Waals surface area contributed by atoms with Crippen LogP contribution in [-0.2, 0) is 0 Å². The van der Waals surface area contributed by atoms with Crippen LogP contribution in [-0.4, -0.2) is 11.0 Å². The minimum absolute atomic E-state index is 0.0364. The Bertz CT molecular complexity index is 446. The van der Waals surface area contributed by atoms with Gasteiger partial charge in [0.05, 0.1) is 11.5 Å². The maximum Gasteiger partial charge on any atom is 0.289 e. The smallest absolute Gasteiger partial charge is 0.289 e. The third kappa shape index (κ3) is 2.05. The number of hydrogen-bond acceptors (Lipinski definition) is 3. The molecule has 2 rings (SSSR count). The summed E-state index contributed by atoms with van der Waals surface area (Å²) in [5.74, 6) is 0. The Balaban J connectivity index is 2.36. The fourth-order valence-electron chi connectivity index (χ4n) is 1.32. The molecule has 0 bridgehead atoms. The van der Waals surface area contributed by atoms with Crippen LogP contribution in [0.3, 0.4) is 0 Å². The quantitative estimate of drug-likeness (QED) is 0.466. The lowest BCUT2D eigenvalue weighted by Gasteiger charge is -2.05. The third-order valence-electron chi connectivity index (χ3n) is 2.24. The Morgan fingerprint density at radius 1 is 1.53 bits per heavy atom. The maximum atomic E-state index is 10.7. The van der Waals surface area contributed by atoms with Gasteiger partial charge in [0.1, 0.15) is 5.69 Å². The van der Waals surface area contributed by atoms with Gasteiger partial charge in [-0.15, -0.1) is 0 Å². The molecule has 0 amide bonds. The van der Waals surface area contributed by atoms with Crippen molar-refractivity contribution in [3.63, 3.8) is 0 Å². The van der Waals surface area contributed by atoms with Crippen molar-refractivity contribution in [2.45, 2.75) is 18.9 Å². The van der Waals surface area contributed by atoms with Gasteiger partial charge in [-0.25, -0.2) is 4.85 Å². The second-order valence-electron chi connectivity index (χ2n) is 3.49. The molecule has 0 saturated heterocycles. The molecule has 1 aromatic carbocycles. The van der Waals surface area contributed by atoms with Crippen LogP contribution in [0.2, 0.25) is 0 Å². The number of nitro benzene ring substituents is 1. The zero-order valence-corrected chi connectivity index (χ0v) is 7.93. The van der Waals surface area contributed by atoms with Crippen molar-refractivity contribution in [2.75, 3.05) is 5.32 Å². The van der Waals surface area contributed by atoms with Gasteiger partial charge in [-0.1, -0.05) is 0 Å². The van der Waals surface area contributed by atoms with Crippen LogP contribution in [0.4, 0.5) is 17.1 Å². The van der Waals surface area contributed by atoms with Crippen LogP contribution >= 0.6 is 0 Å². The highest BCUT2D eigenvalue weighted by Gasteiger charge is 2.24. The Morgan fingerprint density at radius 2 is 2.27 bits per heavy atom. The molecular formula is C10H9N3O2. The summed E-state index contributed by atoms with van der Waals surface area (Å²) in [5, 5.41) is 13.8. The van der Waals surface area contributed by atoms with E-state index in [1.165, 1.54) is 18.2 Å². The highest BCUT2D eigenvalue weighted by atomic mass is 16.6. The molecule has 5 nitrogen and oxygen atoms in total. The topological polar surface area (TPSA) is 59.5 Å². The number of benzene rings is 1. The Hall–Kier alpha value is -2.09. The Morgan fingerprint density at radius 3 is 2.80 bits per heavy atom. The summed E-state index contributed by atoms with van der Waals surface area (Å²) in [5.41, 5.74) is 0.911. The second kappa shape index (κ2) is 3.58. The average molecular weight is 203 g/mol. The summed E-state index contributed by atoms with van der Waals surface area (Å²) >= 11 is 0. The summed E-state index contributed by atoms with van der Waals surface area (Å²) in [4.78, 5) is 13.5. The molecule has 1 saturated carbocycles. The first-order valence-electron chi connectivity index (χ1n) is 4.63.